The lowest BCUT2D eigenvalue weighted by Gasteiger charge is -2.33. The number of carbonyl (C=O) groups excluding carboxylic acids is 1. The fourth-order valence-electron chi connectivity index (χ4n) is 3.89. The highest BCUT2D eigenvalue weighted by molar-refractivity contribution is 7.10. The van der Waals surface area contributed by atoms with Crippen molar-refractivity contribution in [1.29, 1.82) is 0 Å². The minimum atomic E-state index is -0.415. The zero-order chi connectivity index (χ0) is 17.2. The second-order valence-corrected chi connectivity index (χ2v) is 7.97. The predicted octanol–water partition coefficient (Wildman–Crippen LogP) is 2.65. The van der Waals surface area contributed by atoms with Gasteiger partial charge in [-0.15, -0.1) is 21.5 Å². The van der Waals surface area contributed by atoms with E-state index in [1.54, 1.807) is 11.3 Å². The van der Waals surface area contributed by atoms with Crippen molar-refractivity contribution in [3.8, 4) is 0 Å². The number of thiophene rings is 1. The second-order valence-electron chi connectivity index (χ2n) is 6.99. The van der Waals surface area contributed by atoms with Gasteiger partial charge in [0.2, 0.25) is 5.82 Å². The summed E-state index contributed by atoms with van der Waals surface area (Å²) in [7, 11) is 0. The molecule has 134 valence electrons. The molecule has 2 aromatic rings. The fraction of sp³-hybridized carbons (Fsp3) is 0.611. The van der Waals surface area contributed by atoms with E-state index in [0.29, 0.717) is 18.9 Å². The van der Waals surface area contributed by atoms with Gasteiger partial charge in [0, 0.05) is 30.9 Å². The van der Waals surface area contributed by atoms with Gasteiger partial charge in [-0.05, 0) is 43.0 Å². The van der Waals surface area contributed by atoms with Crippen LogP contribution in [0.5, 0.6) is 0 Å². The molecular formula is C18H24N4O2S. The average molecular weight is 360 g/mol. The maximum atomic E-state index is 12.9. The number of amides is 1. The van der Waals surface area contributed by atoms with Crippen LogP contribution < -0.4 is 0 Å². The molecule has 4 rings (SSSR count). The molecule has 1 N–H and O–H groups in total. The first-order chi connectivity index (χ1) is 12.2. The molecule has 1 atom stereocenters. The van der Waals surface area contributed by atoms with E-state index in [9.17, 15) is 9.90 Å². The Morgan fingerprint density at radius 1 is 1.20 bits per heavy atom. The predicted molar refractivity (Wildman–Crippen MR) is 95.5 cm³/mol. The van der Waals surface area contributed by atoms with Gasteiger partial charge in [0.1, 0.15) is 5.82 Å². The van der Waals surface area contributed by atoms with Crippen LogP contribution in [0.3, 0.4) is 0 Å². The Labute approximate surface area is 151 Å². The van der Waals surface area contributed by atoms with E-state index in [-0.39, 0.29) is 11.8 Å². The van der Waals surface area contributed by atoms with Gasteiger partial charge >= 0.3 is 0 Å². The van der Waals surface area contributed by atoms with Gasteiger partial charge in [-0.3, -0.25) is 4.79 Å². The first kappa shape index (κ1) is 16.7. The van der Waals surface area contributed by atoms with Crippen molar-refractivity contribution < 1.29 is 9.90 Å². The van der Waals surface area contributed by atoms with E-state index in [1.807, 2.05) is 27.0 Å². The zero-order valence-electron chi connectivity index (χ0n) is 14.3. The van der Waals surface area contributed by atoms with Gasteiger partial charge in [0.05, 0.1) is 6.10 Å². The Kier molecular flexibility index (Phi) is 4.85. The lowest BCUT2D eigenvalue weighted by Crippen LogP contribution is -2.40. The average Bonchev–Trinajstić information content (AvgIpc) is 3.26. The Morgan fingerprint density at radius 3 is 2.80 bits per heavy atom. The quantitative estimate of drug-likeness (QED) is 0.913. The van der Waals surface area contributed by atoms with Gasteiger partial charge < -0.3 is 14.6 Å². The molecule has 1 fully saturated rings. The first-order valence-corrected chi connectivity index (χ1v) is 10.0. The van der Waals surface area contributed by atoms with Crippen LogP contribution in [-0.4, -0.2) is 43.8 Å². The number of rotatable bonds is 3. The third kappa shape index (κ3) is 3.35. The van der Waals surface area contributed by atoms with Crippen LogP contribution in [0.15, 0.2) is 17.5 Å². The number of aliphatic hydroxyl groups excluding tert-OH is 1. The van der Waals surface area contributed by atoms with E-state index in [0.717, 1.165) is 49.4 Å². The molecule has 2 aliphatic heterocycles. The standard InChI is InChI=1S/C18H24N4O2S/c23-16(14-5-4-12-25-14)13-7-10-21(11-8-13)18(24)17-20-19-15-6-2-1-3-9-22(15)17/h4-5,12-13,16,23H,1-3,6-11H2. The van der Waals surface area contributed by atoms with Crippen LogP contribution in [0.2, 0.25) is 0 Å². The topological polar surface area (TPSA) is 71.2 Å². The van der Waals surface area contributed by atoms with Crippen molar-refractivity contribution in [1.82, 2.24) is 19.7 Å². The highest BCUT2D eigenvalue weighted by Crippen LogP contribution is 2.33. The molecule has 0 aliphatic carbocycles. The molecule has 6 nitrogen and oxygen atoms in total. The van der Waals surface area contributed by atoms with Gasteiger partial charge in [-0.25, -0.2) is 0 Å². The summed E-state index contributed by atoms with van der Waals surface area (Å²) in [6.07, 6.45) is 5.54. The van der Waals surface area contributed by atoms with Gasteiger partial charge in [0.25, 0.3) is 5.91 Å². The summed E-state index contributed by atoms with van der Waals surface area (Å²) in [4.78, 5) is 15.8. The van der Waals surface area contributed by atoms with E-state index >= 15 is 0 Å². The summed E-state index contributed by atoms with van der Waals surface area (Å²) in [5.41, 5.74) is 0. The van der Waals surface area contributed by atoms with Crippen molar-refractivity contribution in [2.75, 3.05) is 13.1 Å². The minimum absolute atomic E-state index is 0.00952. The number of aryl methyl sites for hydroxylation is 1. The normalized spacial score (nSPS) is 20.1. The maximum absolute atomic E-state index is 12.9. The van der Waals surface area contributed by atoms with Gasteiger partial charge in [-0.1, -0.05) is 12.5 Å². The monoisotopic (exact) mass is 360 g/mol. The zero-order valence-corrected chi connectivity index (χ0v) is 15.1. The van der Waals surface area contributed by atoms with Crippen LogP contribution in [-0.2, 0) is 13.0 Å². The third-order valence-electron chi connectivity index (χ3n) is 5.41. The number of hydrogen-bond acceptors (Lipinski definition) is 5. The van der Waals surface area contributed by atoms with E-state index in [1.165, 1.54) is 6.42 Å². The third-order valence-corrected chi connectivity index (χ3v) is 6.35. The second kappa shape index (κ2) is 7.25. The van der Waals surface area contributed by atoms with Crippen LogP contribution in [0.1, 0.15) is 59.5 Å². The van der Waals surface area contributed by atoms with Crippen LogP contribution >= 0.6 is 11.3 Å². The van der Waals surface area contributed by atoms with Gasteiger partial charge in [-0.2, -0.15) is 0 Å². The van der Waals surface area contributed by atoms with E-state index < -0.39 is 6.10 Å². The molecule has 0 saturated carbocycles. The molecule has 0 aromatic carbocycles. The van der Waals surface area contributed by atoms with Gasteiger partial charge in [0.15, 0.2) is 0 Å². The smallest absolute Gasteiger partial charge is 0.291 e. The number of aromatic nitrogens is 3. The lowest BCUT2D eigenvalue weighted by atomic mass is 9.90. The molecule has 2 aromatic heterocycles. The minimum Gasteiger partial charge on any atom is -0.387 e. The largest absolute Gasteiger partial charge is 0.387 e. The molecule has 7 heteroatoms. The molecule has 1 amide bonds. The number of carbonyl (C=O) groups is 1. The Bertz CT molecular complexity index is 720. The summed E-state index contributed by atoms with van der Waals surface area (Å²) in [6.45, 7) is 2.19. The summed E-state index contributed by atoms with van der Waals surface area (Å²) >= 11 is 1.60. The molecule has 0 bridgehead atoms. The molecule has 4 heterocycles. The van der Waals surface area contributed by atoms with Crippen molar-refractivity contribution in [3.63, 3.8) is 0 Å². The molecule has 1 unspecified atom stereocenters. The molecule has 25 heavy (non-hydrogen) atoms. The summed E-state index contributed by atoms with van der Waals surface area (Å²) in [5, 5.41) is 20.9. The number of likely N-dealkylation sites (tertiary alicyclic amines) is 1. The summed E-state index contributed by atoms with van der Waals surface area (Å²) in [6, 6.07) is 3.96. The van der Waals surface area contributed by atoms with Crippen LogP contribution in [0.4, 0.5) is 0 Å². The molecule has 0 spiro atoms. The highest BCUT2D eigenvalue weighted by Gasteiger charge is 2.31. The summed E-state index contributed by atoms with van der Waals surface area (Å²) < 4.78 is 2.02. The Morgan fingerprint density at radius 2 is 2.04 bits per heavy atom. The number of piperidine rings is 1. The number of fused-ring (bicyclic) bond motifs is 1. The lowest BCUT2D eigenvalue weighted by molar-refractivity contribution is 0.0462. The number of nitrogens with zero attached hydrogens (tertiary/aromatic N) is 4. The molecule has 1 saturated heterocycles. The van der Waals surface area contributed by atoms with Crippen LogP contribution in [0.25, 0.3) is 0 Å². The Hall–Kier alpha value is -1.73. The van der Waals surface area contributed by atoms with E-state index in [4.69, 9.17) is 0 Å². The van der Waals surface area contributed by atoms with Crippen molar-refractivity contribution in [2.24, 2.45) is 5.92 Å². The highest BCUT2D eigenvalue weighted by atomic mass is 32.1. The van der Waals surface area contributed by atoms with Crippen molar-refractivity contribution in [3.05, 3.63) is 34.0 Å². The Balaban J connectivity index is 1.41. The molecule has 0 radical (unpaired) electrons. The van der Waals surface area contributed by atoms with Crippen LogP contribution in [0, 0.1) is 5.92 Å². The first-order valence-electron chi connectivity index (χ1n) is 9.17. The number of aliphatic hydroxyl groups is 1. The molecular weight excluding hydrogens is 336 g/mol. The van der Waals surface area contributed by atoms with E-state index in [2.05, 4.69) is 10.2 Å². The van der Waals surface area contributed by atoms with Crippen molar-refractivity contribution in [2.45, 2.75) is 51.2 Å². The molecule has 2 aliphatic rings. The fourth-order valence-corrected chi connectivity index (χ4v) is 4.70. The number of hydrogen-bond donors (Lipinski definition) is 1. The summed E-state index contributed by atoms with van der Waals surface area (Å²) in [5.74, 6) is 1.65. The maximum Gasteiger partial charge on any atom is 0.291 e. The van der Waals surface area contributed by atoms with Crippen molar-refractivity contribution >= 4 is 17.2 Å². The SMILES string of the molecule is O=C(c1nnc2n1CCCCC2)N1CCC(C(O)c2cccs2)CC1.